The summed E-state index contributed by atoms with van der Waals surface area (Å²) in [5.41, 5.74) is 0. The number of rotatable bonds is 59. The summed E-state index contributed by atoms with van der Waals surface area (Å²) in [7, 11) is -9.88. The molecule has 0 aromatic rings. The van der Waals surface area contributed by atoms with Crippen molar-refractivity contribution in [2.75, 3.05) is 39.6 Å². The van der Waals surface area contributed by atoms with E-state index in [1.807, 2.05) is 0 Å². The minimum absolute atomic E-state index is 0.100. The standard InChI is InChI=1S/C62H120O17P2/c1-9-54(7)40-32-24-15-11-12-16-28-36-44-61(66)78-57(49-73-60(65)43-35-27-21-19-25-33-41-55(8)10-2)50-76-80(68,69)74-46-56(63)47-75-81(70,71)77-51-58(79-62(67)45-37-29-20-18-23-31-39-53(5)6)48-72-59(64)42-34-26-17-13-14-22-30-38-52(3)4/h52-58,63H,9-51H2,1-8H3,(H,68,69)(H,70,71)/t54?,55?,56?,57-,58-/m1/s1. The van der Waals surface area contributed by atoms with E-state index in [0.717, 1.165) is 115 Å². The van der Waals surface area contributed by atoms with Gasteiger partial charge in [-0.1, -0.05) is 242 Å². The molecule has 0 aliphatic rings. The first-order chi connectivity index (χ1) is 38.7. The second kappa shape index (κ2) is 52.4. The molecule has 0 rings (SSSR count). The monoisotopic (exact) mass is 1200 g/mol. The second-order valence-electron chi connectivity index (χ2n) is 23.9. The quantitative estimate of drug-likeness (QED) is 0.0222. The van der Waals surface area contributed by atoms with Gasteiger partial charge in [-0.3, -0.25) is 37.3 Å². The Morgan fingerprint density at radius 3 is 0.877 bits per heavy atom. The summed E-state index contributed by atoms with van der Waals surface area (Å²) in [4.78, 5) is 72.1. The molecule has 0 bridgehead atoms. The van der Waals surface area contributed by atoms with Gasteiger partial charge in [-0.15, -0.1) is 0 Å². The van der Waals surface area contributed by atoms with E-state index in [1.54, 1.807) is 0 Å². The van der Waals surface area contributed by atoms with Gasteiger partial charge in [-0.25, -0.2) is 9.13 Å². The molecule has 0 saturated heterocycles. The van der Waals surface area contributed by atoms with Crippen LogP contribution in [0.15, 0.2) is 0 Å². The molecule has 0 spiro atoms. The molecule has 0 aromatic heterocycles. The van der Waals surface area contributed by atoms with Crippen LogP contribution in [-0.2, 0) is 65.4 Å². The predicted octanol–water partition coefficient (Wildman–Crippen LogP) is 16.6. The maximum absolute atomic E-state index is 12.9. The molecule has 0 aliphatic heterocycles. The van der Waals surface area contributed by atoms with Crippen molar-refractivity contribution in [1.29, 1.82) is 0 Å². The van der Waals surface area contributed by atoms with Crippen LogP contribution in [0.1, 0.15) is 293 Å². The van der Waals surface area contributed by atoms with Crippen LogP contribution < -0.4 is 0 Å². The van der Waals surface area contributed by atoms with Gasteiger partial charge in [0.2, 0.25) is 0 Å². The molecule has 0 aliphatic carbocycles. The third kappa shape index (κ3) is 54.5. The van der Waals surface area contributed by atoms with E-state index in [1.165, 1.54) is 83.5 Å². The number of ether oxygens (including phenoxy) is 4. The molecule has 19 heteroatoms. The van der Waals surface area contributed by atoms with Crippen molar-refractivity contribution in [3.05, 3.63) is 0 Å². The van der Waals surface area contributed by atoms with Crippen molar-refractivity contribution in [1.82, 2.24) is 0 Å². The number of aliphatic hydroxyl groups excluding tert-OH is 1. The normalized spacial score (nSPS) is 15.2. The topological polar surface area (TPSA) is 237 Å². The van der Waals surface area contributed by atoms with Gasteiger partial charge in [0.05, 0.1) is 26.4 Å². The van der Waals surface area contributed by atoms with Crippen LogP contribution in [-0.4, -0.2) is 96.7 Å². The minimum atomic E-state index is -4.94. The van der Waals surface area contributed by atoms with Crippen molar-refractivity contribution in [2.24, 2.45) is 23.7 Å². The number of aliphatic hydroxyl groups is 1. The van der Waals surface area contributed by atoms with E-state index in [2.05, 4.69) is 55.4 Å². The Hall–Kier alpha value is -1.94. The van der Waals surface area contributed by atoms with Crippen LogP contribution >= 0.6 is 15.6 Å². The maximum atomic E-state index is 12.9. The predicted molar refractivity (Wildman–Crippen MR) is 321 cm³/mol. The highest BCUT2D eigenvalue weighted by Gasteiger charge is 2.30. The van der Waals surface area contributed by atoms with Gasteiger partial charge in [0.15, 0.2) is 12.2 Å². The lowest BCUT2D eigenvalue weighted by Crippen LogP contribution is -2.30. The summed E-state index contributed by atoms with van der Waals surface area (Å²) in [5.74, 6) is 0.727. The number of unbranched alkanes of at least 4 members (excludes halogenated alkanes) is 23. The number of phosphoric acid groups is 2. The SMILES string of the molecule is CCC(C)CCCCCCCCCCC(=O)O[C@H](COC(=O)CCCCCCCCC(C)CC)COP(=O)(O)OCC(O)COP(=O)(O)OC[C@@H](COC(=O)CCCCCCCCCC(C)C)OC(=O)CCCCCCCCC(C)C. The molecule has 7 atom stereocenters. The van der Waals surface area contributed by atoms with Crippen molar-refractivity contribution in [3.8, 4) is 0 Å². The maximum Gasteiger partial charge on any atom is 0.472 e. The third-order valence-electron chi connectivity index (χ3n) is 14.8. The summed E-state index contributed by atoms with van der Waals surface area (Å²) >= 11 is 0. The first-order valence-electron chi connectivity index (χ1n) is 32.3. The van der Waals surface area contributed by atoms with Crippen LogP contribution in [0.5, 0.6) is 0 Å². The first-order valence-corrected chi connectivity index (χ1v) is 35.3. The van der Waals surface area contributed by atoms with Crippen molar-refractivity contribution >= 4 is 39.5 Å². The van der Waals surface area contributed by atoms with E-state index < -0.39 is 97.5 Å². The Balaban J connectivity index is 5.26. The molecule has 3 N–H and O–H groups in total. The van der Waals surface area contributed by atoms with E-state index >= 15 is 0 Å². The van der Waals surface area contributed by atoms with Gasteiger partial charge in [0.1, 0.15) is 19.3 Å². The number of phosphoric ester groups is 2. The molecule has 17 nitrogen and oxygen atoms in total. The van der Waals surface area contributed by atoms with Gasteiger partial charge in [0, 0.05) is 25.7 Å². The largest absolute Gasteiger partial charge is 0.472 e. The Morgan fingerprint density at radius 1 is 0.346 bits per heavy atom. The van der Waals surface area contributed by atoms with Gasteiger partial charge in [-0.2, -0.15) is 0 Å². The second-order valence-corrected chi connectivity index (χ2v) is 26.8. The number of hydrogen-bond acceptors (Lipinski definition) is 15. The summed E-state index contributed by atoms with van der Waals surface area (Å²) in [6, 6.07) is 0. The van der Waals surface area contributed by atoms with Crippen LogP contribution in [0.4, 0.5) is 0 Å². The minimum Gasteiger partial charge on any atom is -0.462 e. The van der Waals surface area contributed by atoms with E-state index in [-0.39, 0.29) is 25.7 Å². The molecule has 0 fully saturated rings. The van der Waals surface area contributed by atoms with E-state index in [0.29, 0.717) is 37.5 Å². The average molecular weight is 1200 g/mol. The summed E-state index contributed by atoms with van der Waals surface area (Å²) in [6.07, 6.45) is 31.0. The molecule has 81 heavy (non-hydrogen) atoms. The van der Waals surface area contributed by atoms with Gasteiger partial charge < -0.3 is 33.8 Å². The van der Waals surface area contributed by atoms with Crippen molar-refractivity contribution < 1.29 is 80.2 Å². The van der Waals surface area contributed by atoms with E-state index in [4.69, 9.17) is 37.0 Å². The molecule has 0 heterocycles. The fourth-order valence-corrected chi connectivity index (χ4v) is 10.6. The average Bonchev–Trinajstić information content (AvgIpc) is 3.42. The van der Waals surface area contributed by atoms with Crippen LogP contribution in [0, 0.1) is 23.7 Å². The van der Waals surface area contributed by atoms with Crippen LogP contribution in [0.2, 0.25) is 0 Å². The molecule has 5 unspecified atom stereocenters. The molecule has 0 amide bonds. The zero-order valence-electron chi connectivity index (χ0n) is 52.4. The van der Waals surface area contributed by atoms with Crippen LogP contribution in [0.3, 0.4) is 0 Å². The lowest BCUT2D eigenvalue weighted by Gasteiger charge is -2.21. The lowest BCUT2D eigenvalue weighted by atomic mass is 9.99. The van der Waals surface area contributed by atoms with Gasteiger partial charge in [-0.05, 0) is 49.4 Å². The smallest absolute Gasteiger partial charge is 0.462 e. The Bertz CT molecular complexity index is 1630. The molecular weight excluding hydrogens is 1080 g/mol. The first kappa shape index (κ1) is 79.1. The molecule has 0 saturated carbocycles. The Morgan fingerprint density at radius 2 is 0.593 bits per heavy atom. The Labute approximate surface area is 492 Å². The lowest BCUT2D eigenvalue weighted by molar-refractivity contribution is -0.161. The number of carbonyl (C=O) groups is 4. The van der Waals surface area contributed by atoms with Crippen molar-refractivity contribution in [3.63, 3.8) is 0 Å². The molecule has 0 radical (unpaired) electrons. The van der Waals surface area contributed by atoms with Crippen LogP contribution in [0.25, 0.3) is 0 Å². The fourth-order valence-electron chi connectivity index (χ4n) is 9.01. The highest BCUT2D eigenvalue weighted by molar-refractivity contribution is 7.47. The summed E-state index contributed by atoms with van der Waals surface area (Å²) in [6.45, 7) is 13.9. The van der Waals surface area contributed by atoms with Crippen molar-refractivity contribution in [2.45, 2.75) is 311 Å². The molecule has 480 valence electrons. The van der Waals surface area contributed by atoms with E-state index in [9.17, 15) is 43.2 Å². The molecular formula is C62H120O17P2. The Kier molecular flexibility index (Phi) is 51.1. The number of hydrogen-bond donors (Lipinski definition) is 3. The van der Waals surface area contributed by atoms with Gasteiger partial charge in [0.25, 0.3) is 0 Å². The fraction of sp³-hybridized carbons (Fsp3) is 0.935. The number of esters is 4. The summed E-state index contributed by atoms with van der Waals surface area (Å²) in [5, 5.41) is 10.5. The third-order valence-corrected chi connectivity index (χ3v) is 16.7. The van der Waals surface area contributed by atoms with Gasteiger partial charge >= 0.3 is 39.5 Å². The zero-order chi connectivity index (χ0) is 60.4. The summed E-state index contributed by atoms with van der Waals surface area (Å²) < 4.78 is 67.9. The molecule has 0 aromatic carbocycles. The number of carbonyl (C=O) groups excluding carboxylic acids is 4. The highest BCUT2D eigenvalue weighted by Crippen LogP contribution is 2.45. The highest BCUT2D eigenvalue weighted by atomic mass is 31.2. The zero-order valence-corrected chi connectivity index (χ0v) is 54.2.